The summed E-state index contributed by atoms with van der Waals surface area (Å²) in [6, 6.07) is 1.73. The first kappa shape index (κ1) is 8.72. The first-order valence-corrected chi connectivity index (χ1v) is 5.03. The lowest BCUT2D eigenvalue weighted by Gasteiger charge is -2.19. The van der Waals surface area contributed by atoms with E-state index in [1.807, 2.05) is 0 Å². The van der Waals surface area contributed by atoms with Crippen LogP contribution in [0.15, 0.2) is 6.07 Å². The Balaban J connectivity index is 2.24. The Hall–Kier alpha value is -0.870. The van der Waals surface area contributed by atoms with Crippen LogP contribution in [0.25, 0.3) is 0 Å². The molecule has 0 aromatic carbocycles. The van der Waals surface area contributed by atoms with E-state index in [-0.39, 0.29) is 0 Å². The van der Waals surface area contributed by atoms with Crippen molar-refractivity contribution in [3.8, 4) is 0 Å². The van der Waals surface area contributed by atoms with E-state index in [0.717, 1.165) is 0 Å². The largest absolute Gasteiger partial charge is 0.480 e. The number of aryl methyl sites for hydroxylation is 1. The van der Waals surface area contributed by atoms with Crippen molar-refractivity contribution in [3.63, 3.8) is 0 Å². The van der Waals surface area contributed by atoms with Gasteiger partial charge in [0.05, 0.1) is 0 Å². The molecule has 0 aliphatic carbocycles. The van der Waals surface area contributed by atoms with Crippen LogP contribution in [0.4, 0.5) is 0 Å². The number of hydrogen-bond acceptors (Lipinski definition) is 3. The van der Waals surface area contributed by atoms with Crippen molar-refractivity contribution in [1.29, 1.82) is 0 Å². The van der Waals surface area contributed by atoms with Crippen LogP contribution in [0.3, 0.4) is 0 Å². The minimum atomic E-state index is -0.753. The van der Waals surface area contributed by atoms with E-state index in [4.69, 9.17) is 5.11 Å². The lowest BCUT2D eigenvalue weighted by atomic mass is 10.0. The summed E-state index contributed by atoms with van der Waals surface area (Å²) in [5.74, 6) is -0.753. The number of carboxylic acid groups (broad SMARTS) is 1. The molecule has 0 fully saturated rings. The summed E-state index contributed by atoms with van der Waals surface area (Å²) >= 11 is 1.71. The quantitative estimate of drug-likeness (QED) is 0.710. The molecule has 1 aromatic rings. The fourth-order valence-electron chi connectivity index (χ4n) is 1.60. The van der Waals surface area contributed by atoms with Crippen LogP contribution in [0, 0.1) is 6.92 Å². The average Bonchev–Trinajstić information content (AvgIpc) is 2.42. The molecule has 4 heteroatoms. The summed E-state index contributed by atoms with van der Waals surface area (Å²) in [5, 5.41) is 11.8. The van der Waals surface area contributed by atoms with E-state index in [0.29, 0.717) is 13.0 Å². The highest BCUT2D eigenvalue weighted by atomic mass is 32.1. The molecule has 2 N–H and O–H groups in total. The van der Waals surface area contributed by atoms with Crippen molar-refractivity contribution in [2.75, 3.05) is 0 Å². The molecule has 1 aliphatic rings. The number of rotatable bonds is 1. The third kappa shape index (κ3) is 1.59. The summed E-state index contributed by atoms with van der Waals surface area (Å²) in [4.78, 5) is 13.2. The van der Waals surface area contributed by atoms with Crippen molar-refractivity contribution < 1.29 is 9.90 Å². The second-order valence-electron chi connectivity index (χ2n) is 3.28. The molecule has 0 bridgehead atoms. The molecule has 3 nitrogen and oxygen atoms in total. The maximum atomic E-state index is 10.7. The average molecular weight is 197 g/mol. The molecule has 13 heavy (non-hydrogen) atoms. The van der Waals surface area contributed by atoms with Crippen LogP contribution >= 0.6 is 11.3 Å². The van der Waals surface area contributed by atoms with E-state index in [1.54, 1.807) is 11.3 Å². The second-order valence-corrected chi connectivity index (χ2v) is 4.62. The SMILES string of the molecule is Cc1cc2c(s1)CC(C(=O)O)NC2. The molecule has 1 aromatic heterocycles. The third-order valence-corrected chi connectivity index (χ3v) is 3.36. The van der Waals surface area contributed by atoms with Gasteiger partial charge in [0.25, 0.3) is 0 Å². The smallest absolute Gasteiger partial charge is 0.321 e. The highest BCUT2D eigenvalue weighted by Gasteiger charge is 2.24. The van der Waals surface area contributed by atoms with Gasteiger partial charge in [-0.1, -0.05) is 0 Å². The normalized spacial score (nSPS) is 21.2. The predicted octanol–water partition coefficient (Wildman–Crippen LogP) is 1.16. The van der Waals surface area contributed by atoms with Crippen molar-refractivity contribution >= 4 is 17.3 Å². The Kier molecular flexibility index (Phi) is 2.09. The molecule has 0 radical (unpaired) electrons. The molecule has 70 valence electrons. The minimum Gasteiger partial charge on any atom is -0.480 e. The molecule has 1 unspecified atom stereocenters. The van der Waals surface area contributed by atoms with E-state index in [9.17, 15) is 4.79 Å². The van der Waals surface area contributed by atoms with Gasteiger partial charge >= 0.3 is 5.97 Å². The van der Waals surface area contributed by atoms with E-state index < -0.39 is 12.0 Å². The van der Waals surface area contributed by atoms with Gasteiger partial charge in [0.1, 0.15) is 6.04 Å². The lowest BCUT2D eigenvalue weighted by molar-refractivity contribution is -0.139. The number of aliphatic carboxylic acids is 1. The number of nitrogens with one attached hydrogen (secondary N) is 1. The Labute approximate surface area is 80.4 Å². The fraction of sp³-hybridized carbons (Fsp3) is 0.444. The highest BCUT2D eigenvalue weighted by molar-refractivity contribution is 7.12. The van der Waals surface area contributed by atoms with Gasteiger partial charge in [0, 0.05) is 22.7 Å². The Morgan fingerprint density at radius 3 is 3.23 bits per heavy atom. The molecule has 0 amide bonds. The number of carboxylic acids is 1. The molecule has 1 atom stereocenters. The summed E-state index contributed by atoms with van der Waals surface area (Å²) in [6.45, 7) is 2.75. The first-order chi connectivity index (χ1) is 6.16. The van der Waals surface area contributed by atoms with Crippen LogP contribution in [-0.4, -0.2) is 17.1 Å². The third-order valence-electron chi connectivity index (χ3n) is 2.25. The summed E-state index contributed by atoms with van der Waals surface area (Å²) in [7, 11) is 0. The maximum absolute atomic E-state index is 10.7. The van der Waals surface area contributed by atoms with Gasteiger partial charge < -0.3 is 5.11 Å². The van der Waals surface area contributed by atoms with Gasteiger partial charge in [0.15, 0.2) is 0 Å². The molecule has 0 spiro atoms. The van der Waals surface area contributed by atoms with E-state index in [1.165, 1.54) is 15.3 Å². The van der Waals surface area contributed by atoms with Crippen LogP contribution in [0.2, 0.25) is 0 Å². The minimum absolute atomic E-state index is 0.398. The molecule has 2 heterocycles. The zero-order chi connectivity index (χ0) is 9.42. The zero-order valence-corrected chi connectivity index (χ0v) is 8.15. The molecule has 2 rings (SSSR count). The molecule has 1 aliphatic heterocycles. The molecular formula is C9H11NO2S. The maximum Gasteiger partial charge on any atom is 0.321 e. The Morgan fingerprint density at radius 1 is 1.77 bits per heavy atom. The molecule has 0 saturated carbocycles. The number of fused-ring (bicyclic) bond motifs is 1. The number of thiophene rings is 1. The van der Waals surface area contributed by atoms with Gasteiger partial charge in [-0.25, -0.2) is 0 Å². The molecular weight excluding hydrogens is 186 g/mol. The summed E-state index contributed by atoms with van der Waals surface area (Å²) in [6.07, 6.45) is 0.628. The van der Waals surface area contributed by atoms with Gasteiger partial charge in [-0.2, -0.15) is 0 Å². The van der Waals surface area contributed by atoms with Crippen molar-refractivity contribution in [1.82, 2.24) is 5.32 Å². The standard InChI is InChI=1S/C9H11NO2S/c1-5-2-6-4-10-7(9(11)12)3-8(6)13-5/h2,7,10H,3-4H2,1H3,(H,11,12). The summed E-state index contributed by atoms with van der Waals surface area (Å²) < 4.78 is 0. The van der Waals surface area contributed by atoms with E-state index in [2.05, 4.69) is 18.3 Å². The van der Waals surface area contributed by atoms with Crippen LogP contribution < -0.4 is 5.32 Å². The van der Waals surface area contributed by atoms with E-state index >= 15 is 0 Å². The lowest BCUT2D eigenvalue weighted by Crippen LogP contribution is -2.40. The number of hydrogen-bond donors (Lipinski definition) is 2. The second kappa shape index (κ2) is 3.12. The highest BCUT2D eigenvalue weighted by Crippen LogP contribution is 2.26. The summed E-state index contributed by atoms with van der Waals surface area (Å²) in [5.41, 5.74) is 1.26. The van der Waals surface area contributed by atoms with Crippen molar-refractivity contribution in [3.05, 3.63) is 21.4 Å². The number of carbonyl (C=O) groups is 1. The predicted molar refractivity (Wildman–Crippen MR) is 51.0 cm³/mol. The topological polar surface area (TPSA) is 49.3 Å². The van der Waals surface area contributed by atoms with Crippen LogP contribution in [0.5, 0.6) is 0 Å². The Bertz CT molecular complexity index is 345. The van der Waals surface area contributed by atoms with Crippen LogP contribution in [-0.2, 0) is 17.8 Å². The Morgan fingerprint density at radius 2 is 2.54 bits per heavy atom. The van der Waals surface area contributed by atoms with Gasteiger partial charge in [-0.3, -0.25) is 10.1 Å². The van der Waals surface area contributed by atoms with Crippen molar-refractivity contribution in [2.24, 2.45) is 0 Å². The van der Waals surface area contributed by atoms with Crippen molar-refractivity contribution in [2.45, 2.75) is 25.9 Å². The van der Waals surface area contributed by atoms with Crippen LogP contribution in [0.1, 0.15) is 15.3 Å². The monoisotopic (exact) mass is 197 g/mol. The first-order valence-electron chi connectivity index (χ1n) is 4.21. The zero-order valence-electron chi connectivity index (χ0n) is 7.33. The fourth-order valence-corrected chi connectivity index (χ4v) is 2.70. The van der Waals surface area contributed by atoms with Gasteiger partial charge in [0.2, 0.25) is 0 Å². The van der Waals surface area contributed by atoms with Gasteiger partial charge in [-0.15, -0.1) is 11.3 Å². The molecule has 0 saturated heterocycles. The van der Waals surface area contributed by atoms with Gasteiger partial charge in [-0.05, 0) is 18.6 Å².